The molecule has 0 spiro atoms. The average Bonchev–Trinajstić information content (AvgIpc) is 3.12. The van der Waals surface area contributed by atoms with Crippen LogP contribution in [0.25, 0.3) is 0 Å². The number of ether oxygens (including phenoxy) is 1. The number of furan rings is 1. The van der Waals surface area contributed by atoms with E-state index in [1.54, 1.807) is 18.4 Å². The lowest BCUT2D eigenvalue weighted by molar-refractivity contribution is -0.137. The van der Waals surface area contributed by atoms with Gasteiger partial charge < -0.3 is 19.2 Å². The van der Waals surface area contributed by atoms with Crippen LogP contribution in [-0.4, -0.2) is 91.3 Å². The Balaban J connectivity index is 1.39. The van der Waals surface area contributed by atoms with Crippen LogP contribution < -0.4 is 0 Å². The second-order valence-electron chi connectivity index (χ2n) is 6.10. The van der Waals surface area contributed by atoms with Crippen molar-refractivity contribution in [2.45, 2.75) is 6.10 Å². The third-order valence-electron chi connectivity index (χ3n) is 4.49. The number of carbonyl (C=O) groups is 1. The van der Waals surface area contributed by atoms with Crippen LogP contribution in [0.15, 0.2) is 22.8 Å². The standard InChI is InChI=1S/C16H25N3O4/c20-14(15-2-1-9-23-15)12-17-3-5-18(6-4-17)13-16(21)19-7-10-22-11-8-19/h1-2,9,14,20H,3-8,10-13H2/t14-/m0/s1. The zero-order valence-corrected chi connectivity index (χ0v) is 13.4. The molecule has 3 heterocycles. The monoisotopic (exact) mass is 323 g/mol. The van der Waals surface area contributed by atoms with Gasteiger partial charge in [0.15, 0.2) is 0 Å². The first-order valence-corrected chi connectivity index (χ1v) is 8.24. The molecule has 0 radical (unpaired) electrons. The number of hydrogen-bond acceptors (Lipinski definition) is 6. The summed E-state index contributed by atoms with van der Waals surface area (Å²) in [6.45, 7) is 7.15. The largest absolute Gasteiger partial charge is 0.467 e. The third kappa shape index (κ3) is 4.54. The second kappa shape index (κ2) is 7.92. The number of hydrogen-bond donors (Lipinski definition) is 1. The molecule has 7 nitrogen and oxygen atoms in total. The van der Waals surface area contributed by atoms with E-state index in [4.69, 9.17) is 9.15 Å². The van der Waals surface area contributed by atoms with Gasteiger partial charge in [-0.15, -0.1) is 0 Å². The number of aliphatic hydroxyl groups is 1. The Hall–Kier alpha value is -1.41. The summed E-state index contributed by atoms with van der Waals surface area (Å²) >= 11 is 0. The SMILES string of the molecule is O=C(CN1CCN(C[C@H](O)c2ccco2)CC1)N1CCOCC1. The van der Waals surface area contributed by atoms with E-state index < -0.39 is 6.10 Å². The van der Waals surface area contributed by atoms with Gasteiger partial charge in [-0.3, -0.25) is 14.6 Å². The van der Waals surface area contributed by atoms with Crippen molar-refractivity contribution in [2.24, 2.45) is 0 Å². The van der Waals surface area contributed by atoms with Crippen molar-refractivity contribution >= 4 is 5.91 Å². The number of morpholine rings is 1. The van der Waals surface area contributed by atoms with Crippen molar-refractivity contribution < 1.29 is 19.1 Å². The van der Waals surface area contributed by atoms with Crippen molar-refractivity contribution in [2.75, 3.05) is 65.6 Å². The fourth-order valence-electron chi connectivity index (χ4n) is 3.05. The molecule has 0 bridgehead atoms. The Morgan fingerprint density at radius 1 is 1.13 bits per heavy atom. The quantitative estimate of drug-likeness (QED) is 0.809. The molecule has 1 atom stereocenters. The first-order chi connectivity index (χ1) is 11.2. The summed E-state index contributed by atoms with van der Waals surface area (Å²) in [4.78, 5) is 18.5. The normalized spacial score (nSPS) is 22.2. The molecule has 23 heavy (non-hydrogen) atoms. The maximum absolute atomic E-state index is 12.2. The number of aliphatic hydroxyl groups excluding tert-OH is 1. The van der Waals surface area contributed by atoms with Gasteiger partial charge >= 0.3 is 0 Å². The topological polar surface area (TPSA) is 69.4 Å². The van der Waals surface area contributed by atoms with E-state index in [1.165, 1.54) is 0 Å². The van der Waals surface area contributed by atoms with E-state index in [9.17, 15) is 9.90 Å². The molecule has 0 saturated carbocycles. The molecule has 1 aromatic heterocycles. The first-order valence-electron chi connectivity index (χ1n) is 8.24. The van der Waals surface area contributed by atoms with Gasteiger partial charge in [-0.05, 0) is 12.1 Å². The van der Waals surface area contributed by atoms with E-state index in [0.29, 0.717) is 45.2 Å². The molecule has 0 aliphatic carbocycles. The third-order valence-corrected chi connectivity index (χ3v) is 4.49. The highest BCUT2D eigenvalue weighted by molar-refractivity contribution is 5.78. The molecule has 128 valence electrons. The smallest absolute Gasteiger partial charge is 0.236 e. The lowest BCUT2D eigenvalue weighted by Gasteiger charge is -2.36. The molecule has 2 fully saturated rings. The van der Waals surface area contributed by atoms with Crippen LogP contribution in [0.2, 0.25) is 0 Å². The van der Waals surface area contributed by atoms with E-state index >= 15 is 0 Å². The molecule has 2 saturated heterocycles. The van der Waals surface area contributed by atoms with Gasteiger partial charge in [0.1, 0.15) is 11.9 Å². The van der Waals surface area contributed by atoms with Gasteiger partial charge in [0.05, 0.1) is 26.0 Å². The summed E-state index contributed by atoms with van der Waals surface area (Å²) in [5, 5.41) is 10.1. The highest BCUT2D eigenvalue weighted by atomic mass is 16.5. The Labute approximate surface area is 136 Å². The fourth-order valence-corrected chi connectivity index (χ4v) is 3.05. The van der Waals surface area contributed by atoms with Crippen LogP contribution in [0.4, 0.5) is 0 Å². The van der Waals surface area contributed by atoms with Crippen molar-refractivity contribution in [1.82, 2.24) is 14.7 Å². The molecule has 1 amide bonds. The van der Waals surface area contributed by atoms with E-state index in [0.717, 1.165) is 26.2 Å². The predicted octanol–water partition coefficient (Wildman–Crippen LogP) is -0.211. The molecule has 1 aromatic rings. The number of rotatable bonds is 5. The zero-order valence-electron chi connectivity index (χ0n) is 13.4. The van der Waals surface area contributed by atoms with E-state index in [1.807, 2.05) is 4.90 Å². The van der Waals surface area contributed by atoms with Crippen molar-refractivity contribution in [3.05, 3.63) is 24.2 Å². The molecular formula is C16H25N3O4. The van der Waals surface area contributed by atoms with Crippen LogP contribution in [0.5, 0.6) is 0 Å². The van der Waals surface area contributed by atoms with Crippen LogP contribution >= 0.6 is 0 Å². The molecular weight excluding hydrogens is 298 g/mol. The van der Waals surface area contributed by atoms with Crippen molar-refractivity contribution in [1.29, 1.82) is 0 Å². The summed E-state index contributed by atoms with van der Waals surface area (Å²) < 4.78 is 10.5. The maximum atomic E-state index is 12.2. The predicted molar refractivity (Wildman–Crippen MR) is 83.9 cm³/mol. The summed E-state index contributed by atoms with van der Waals surface area (Å²) in [5.41, 5.74) is 0. The van der Waals surface area contributed by atoms with Gasteiger partial charge in [-0.1, -0.05) is 0 Å². The molecule has 0 aromatic carbocycles. The Bertz CT molecular complexity index is 480. The number of carbonyl (C=O) groups excluding carboxylic acids is 1. The van der Waals surface area contributed by atoms with Crippen molar-refractivity contribution in [3.63, 3.8) is 0 Å². The summed E-state index contributed by atoms with van der Waals surface area (Å²) in [6, 6.07) is 3.58. The minimum atomic E-state index is -0.591. The Morgan fingerprint density at radius 2 is 1.83 bits per heavy atom. The van der Waals surface area contributed by atoms with Crippen LogP contribution in [0.3, 0.4) is 0 Å². The average molecular weight is 323 g/mol. The minimum Gasteiger partial charge on any atom is -0.467 e. The fraction of sp³-hybridized carbons (Fsp3) is 0.688. The Kier molecular flexibility index (Phi) is 5.66. The number of piperazine rings is 1. The molecule has 7 heteroatoms. The van der Waals surface area contributed by atoms with Gasteiger partial charge in [0, 0.05) is 45.8 Å². The summed E-state index contributed by atoms with van der Waals surface area (Å²) in [7, 11) is 0. The van der Waals surface area contributed by atoms with Crippen molar-refractivity contribution in [3.8, 4) is 0 Å². The highest BCUT2D eigenvalue weighted by Gasteiger charge is 2.24. The Morgan fingerprint density at radius 3 is 2.48 bits per heavy atom. The van der Waals surface area contributed by atoms with Gasteiger partial charge in [-0.25, -0.2) is 0 Å². The maximum Gasteiger partial charge on any atom is 0.236 e. The molecule has 3 rings (SSSR count). The second-order valence-corrected chi connectivity index (χ2v) is 6.10. The minimum absolute atomic E-state index is 0.192. The zero-order chi connectivity index (χ0) is 16.1. The lowest BCUT2D eigenvalue weighted by atomic mass is 10.2. The van der Waals surface area contributed by atoms with Gasteiger partial charge in [0.25, 0.3) is 0 Å². The van der Waals surface area contributed by atoms with Gasteiger partial charge in [0.2, 0.25) is 5.91 Å². The van der Waals surface area contributed by atoms with E-state index in [-0.39, 0.29) is 5.91 Å². The molecule has 2 aliphatic rings. The van der Waals surface area contributed by atoms with Crippen LogP contribution in [0, 0.1) is 0 Å². The lowest BCUT2D eigenvalue weighted by Crippen LogP contribution is -2.52. The summed E-state index contributed by atoms with van der Waals surface area (Å²) in [5.74, 6) is 0.798. The van der Waals surface area contributed by atoms with Crippen LogP contribution in [0.1, 0.15) is 11.9 Å². The van der Waals surface area contributed by atoms with E-state index in [2.05, 4.69) is 9.80 Å². The number of amides is 1. The number of nitrogens with zero attached hydrogens (tertiary/aromatic N) is 3. The molecule has 2 aliphatic heterocycles. The molecule has 1 N–H and O–H groups in total. The number of β-amino-alcohol motifs (C(OH)–C–C–N with tert-alkyl or cyclic N) is 1. The van der Waals surface area contributed by atoms with Gasteiger partial charge in [-0.2, -0.15) is 0 Å². The molecule has 0 unspecified atom stereocenters. The highest BCUT2D eigenvalue weighted by Crippen LogP contribution is 2.15. The summed E-state index contributed by atoms with van der Waals surface area (Å²) in [6.07, 6.45) is 0.986. The first kappa shape index (κ1) is 16.4. The van der Waals surface area contributed by atoms with Crippen LogP contribution in [-0.2, 0) is 9.53 Å².